The SMILES string of the molecule is CCOc1ccccc1NC(=O)c1ccc(Nc2cccc3cccnc23)cn1. The average molecular weight is 384 g/mol. The van der Waals surface area contributed by atoms with Crippen LogP contribution in [0, 0.1) is 0 Å². The van der Waals surface area contributed by atoms with Crippen molar-refractivity contribution in [2.75, 3.05) is 17.2 Å². The Labute approximate surface area is 168 Å². The highest BCUT2D eigenvalue weighted by molar-refractivity contribution is 6.03. The van der Waals surface area contributed by atoms with Crippen LogP contribution in [0.4, 0.5) is 17.1 Å². The van der Waals surface area contributed by atoms with Gasteiger partial charge in [-0.3, -0.25) is 9.78 Å². The van der Waals surface area contributed by atoms with Gasteiger partial charge in [-0.15, -0.1) is 0 Å². The van der Waals surface area contributed by atoms with Crippen LogP contribution in [0.15, 0.2) is 79.1 Å². The number of hydrogen-bond acceptors (Lipinski definition) is 5. The summed E-state index contributed by atoms with van der Waals surface area (Å²) in [6.07, 6.45) is 3.39. The summed E-state index contributed by atoms with van der Waals surface area (Å²) in [7, 11) is 0. The van der Waals surface area contributed by atoms with E-state index in [-0.39, 0.29) is 5.91 Å². The first-order chi connectivity index (χ1) is 14.2. The largest absolute Gasteiger partial charge is 0.492 e. The molecule has 6 nitrogen and oxygen atoms in total. The summed E-state index contributed by atoms with van der Waals surface area (Å²) in [5, 5.41) is 7.21. The zero-order valence-corrected chi connectivity index (χ0v) is 15.9. The Bertz CT molecular complexity index is 1140. The summed E-state index contributed by atoms with van der Waals surface area (Å²) in [6.45, 7) is 2.42. The molecule has 0 fully saturated rings. The van der Waals surface area contributed by atoms with Gasteiger partial charge in [0.15, 0.2) is 0 Å². The van der Waals surface area contributed by atoms with Gasteiger partial charge in [-0.1, -0.05) is 30.3 Å². The molecule has 2 aromatic carbocycles. The molecule has 0 unspecified atom stereocenters. The number of aromatic nitrogens is 2. The third-order valence-electron chi connectivity index (χ3n) is 4.34. The molecular formula is C23H20N4O2. The number of anilines is 3. The Morgan fingerprint density at radius 3 is 2.59 bits per heavy atom. The van der Waals surface area contributed by atoms with Crippen molar-refractivity contribution in [2.45, 2.75) is 6.92 Å². The predicted octanol–water partition coefficient (Wildman–Crippen LogP) is 5.02. The monoisotopic (exact) mass is 384 g/mol. The third-order valence-corrected chi connectivity index (χ3v) is 4.34. The number of fused-ring (bicyclic) bond motifs is 1. The number of carbonyl (C=O) groups is 1. The molecule has 0 atom stereocenters. The number of pyridine rings is 2. The van der Waals surface area contributed by atoms with Crippen molar-refractivity contribution >= 4 is 33.9 Å². The van der Waals surface area contributed by atoms with E-state index >= 15 is 0 Å². The van der Waals surface area contributed by atoms with Crippen molar-refractivity contribution < 1.29 is 9.53 Å². The number of para-hydroxylation sites is 3. The summed E-state index contributed by atoms with van der Waals surface area (Å²) >= 11 is 0. The van der Waals surface area contributed by atoms with E-state index in [0.29, 0.717) is 23.7 Å². The Kier molecular flexibility index (Phi) is 5.33. The Balaban J connectivity index is 1.50. The second-order valence-electron chi connectivity index (χ2n) is 6.32. The maximum Gasteiger partial charge on any atom is 0.274 e. The van der Waals surface area contributed by atoms with Gasteiger partial charge in [-0.25, -0.2) is 4.98 Å². The van der Waals surface area contributed by atoms with Crippen molar-refractivity contribution in [1.29, 1.82) is 0 Å². The van der Waals surface area contributed by atoms with Crippen LogP contribution in [0.25, 0.3) is 10.9 Å². The van der Waals surface area contributed by atoms with Gasteiger partial charge in [0.1, 0.15) is 11.4 Å². The molecule has 4 rings (SSSR count). The maximum atomic E-state index is 12.6. The second-order valence-corrected chi connectivity index (χ2v) is 6.32. The lowest BCUT2D eigenvalue weighted by Gasteiger charge is -2.11. The Morgan fingerprint density at radius 1 is 0.931 bits per heavy atom. The van der Waals surface area contributed by atoms with Gasteiger partial charge in [0.2, 0.25) is 0 Å². The molecule has 4 aromatic rings. The summed E-state index contributed by atoms with van der Waals surface area (Å²) < 4.78 is 5.54. The molecule has 0 saturated carbocycles. The van der Waals surface area contributed by atoms with E-state index in [1.807, 2.05) is 61.5 Å². The molecule has 0 radical (unpaired) electrons. The van der Waals surface area contributed by atoms with E-state index in [0.717, 1.165) is 22.3 Å². The van der Waals surface area contributed by atoms with Gasteiger partial charge in [0, 0.05) is 11.6 Å². The quantitative estimate of drug-likeness (QED) is 0.488. The molecule has 2 N–H and O–H groups in total. The van der Waals surface area contributed by atoms with E-state index in [2.05, 4.69) is 20.6 Å². The van der Waals surface area contributed by atoms with Crippen LogP contribution in [0.5, 0.6) is 5.75 Å². The van der Waals surface area contributed by atoms with E-state index in [1.165, 1.54) is 0 Å². The van der Waals surface area contributed by atoms with E-state index in [4.69, 9.17) is 4.74 Å². The first kappa shape index (κ1) is 18.4. The molecule has 0 bridgehead atoms. The van der Waals surface area contributed by atoms with Gasteiger partial charge in [0.05, 0.1) is 35.4 Å². The van der Waals surface area contributed by atoms with Crippen LogP contribution in [-0.4, -0.2) is 22.5 Å². The predicted molar refractivity (Wildman–Crippen MR) is 115 cm³/mol. The first-order valence-corrected chi connectivity index (χ1v) is 9.34. The van der Waals surface area contributed by atoms with Crippen LogP contribution in [0.3, 0.4) is 0 Å². The average Bonchev–Trinajstić information content (AvgIpc) is 2.76. The van der Waals surface area contributed by atoms with Crippen molar-refractivity contribution in [3.8, 4) is 5.75 Å². The van der Waals surface area contributed by atoms with Crippen molar-refractivity contribution in [3.05, 3.63) is 84.8 Å². The number of carbonyl (C=O) groups excluding carboxylic acids is 1. The number of hydrogen-bond donors (Lipinski definition) is 2. The van der Waals surface area contributed by atoms with Crippen molar-refractivity contribution in [3.63, 3.8) is 0 Å². The van der Waals surface area contributed by atoms with Crippen LogP contribution >= 0.6 is 0 Å². The minimum absolute atomic E-state index is 0.296. The fraction of sp³-hybridized carbons (Fsp3) is 0.0870. The minimum atomic E-state index is -0.296. The fourth-order valence-electron chi connectivity index (χ4n) is 3.00. The van der Waals surface area contributed by atoms with E-state index in [1.54, 1.807) is 24.5 Å². The molecule has 29 heavy (non-hydrogen) atoms. The molecule has 0 saturated heterocycles. The number of rotatable bonds is 6. The van der Waals surface area contributed by atoms with Crippen LogP contribution in [0.2, 0.25) is 0 Å². The molecule has 0 aliphatic heterocycles. The van der Waals surface area contributed by atoms with Gasteiger partial charge in [0.25, 0.3) is 5.91 Å². The first-order valence-electron chi connectivity index (χ1n) is 9.34. The second kappa shape index (κ2) is 8.39. The standard InChI is InChI=1S/C23H20N4O2/c1-2-29-21-11-4-3-9-18(21)27-23(28)20-13-12-17(15-25-20)26-19-10-5-7-16-8-6-14-24-22(16)19/h3-15,26H,2H2,1H3,(H,27,28). The highest BCUT2D eigenvalue weighted by Gasteiger charge is 2.11. The van der Waals surface area contributed by atoms with Gasteiger partial charge < -0.3 is 15.4 Å². The molecule has 2 heterocycles. The van der Waals surface area contributed by atoms with Gasteiger partial charge >= 0.3 is 0 Å². The van der Waals surface area contributed by atoms with E-state index < -0.39 is 0 Å². The molecule has 2 aromatic heterocycles. The highest BCUT2D eigenvalue weighted by atomic mass is 16.5. The molecule has 6 heteroatoms. The summed E-state index contributed by atoms with van der Waals surface area (Å²) in [4.78, 5) is 21.3. The topological polar surface area (TPSA) is 76.1 Å². The summed E-state index contributed by atoms with van der Waals surface area (Å²) in [5.74, 6) is 0.334. The number of nitrogens with zero attached hydrogens (tertiary/aromatic N) is 2. The van der Waals surface area contributed by atoms with E-state index in [9.17, 15) is 4.79 Å². The zero-order chi connectivity index (χ0) is 20.1. The Hall–Kier alpha value is -3.93. The van der Waals surface area contributed by atoms with Crippen LogP contribution in [0.1, 0.15) is 17.4 Å². The molecule has 0 spiro atoms. The molecular weight excluding hydrogens is 364 g/mol. The van der Waals surface area contributed by atoms with Crippen molar-refractivity contribution in [2.24, 2.45) is 0 Å². The zero-order valence-electron chi connectivity index (χ0n) is 15.9. The summed E-state index contributed by atoms with van der Waals surface area (Å²) in [6, 6.07) is 20.7. The van der Waals surface area contributed by atoms with Crippen LogP contribution < -0.4 is 15.4 Å². The number of nitrogens with one attached hydrogen (secondary N) is 2. The molecule has 0 aliphatic carbocycles. The van der Waals surface area contributed by atoms with Gasteiger partial charge in [-0.05, 0) is 43.3 Å². The number of benzene rings is 2. The lowest BCUT2D eigenvalue weighted by atomic mass is 10.2. The maximum absolute atomic E-state index is 12.6. The molecule has 1 amide bonds. The molecule has 0 aliphatic rings. The summed E-state index contributed by atoms with van der Waals surface area (Å²) in [5.41, 5.74) is 3.47. The lowest BCUT2D eigenvalue weighted by Crippen LogP contribution is -2.14. The van der Waals surface area contributed by atoms with Gasteiger partial charge in [-0.2, -0.15) is 0 Å². The van der Waals surface area contributed by atoms with Crippen LogP contribution in [-0.2, 0) is 0 Å². The highest BCUT2D eigenvalue weighted by Crippen LogP contribution is 2.26. The number of ether oxygens (including phenoxy) is 1. The van der Waals surface area contributed by atoms with Crippen molar-refractivity contribution in [1.82, 2.24) is 9.97 Å². The lowest BCUT2D eigenvalue weighted by molar-refractivity contribution is 0.102. The Morgan fingerprint density at radius 2 is 1.76 bits per heavy atom. The fourth-order valence-corrected chi connectivity index (χ4v) is 3.00. The normalized spacial score (nSPS) is 10.5. The minimum Gasteiger partial charge on any atom is -0.492 e. The third kappa shape index (κ3) is 4.16. The molecule has 144 valence electrons. The smallest absolute Gasteiger partial charge is 0.274 e. The number of amides is 1.